The molecule has 0 spiro atoms. The van der Waals surface area contributed by atoms with Crippen LogP contribution in [0.4, 0.5) is 0 Å². The van der Waals surface area contributed by atoms with E-state index >= 15 is 0 Å². The molecule has 1 aliphatic rings. The fourth-order valence-corrected chi connectivity index (χ4v) is 2.18. The third-order valence-corrected chi connectivity index (χ3v) is 3.75. The van der Waals surface area contributed by atoms with Gasteiger partial charge in [0.1, 0.15) is 0 Å². The number of hydrogen-bond donors (Lipinski definition) is 1. The molecule has 0 saturated carbocycles. The van der Waals surface area contributed by atoms with Crippen LogP contribution in [-0.4, -0.2) is 34.6 Å². The zero-order chi connectivity index (χ0) is 12.6. The molecule has 17 heavy (non-hydrogen) atoms. The van der Waals surface area contributed by atoms with Crippen LogP contribution in [-0.2, 0) is 0 Å². The quantitative estimate of drug-likeness (QED) is 0.847. The Labute approximate surface area is 102 Å². The minimum absolute atomic E-state index is 0.0318. The number of carbonyl (C=O) groups is 1. The van der Waals surface area contributed by atoms with E-state index in [0.29, 0.717) is 19.5 Å². The zero-order valence-corrected chi connectivity index (χ0v) is 10.7. The van der Waals surface area contributed by atoms with Crippen LogP contribution < -0.4 is 0 Å². The number of aliphatic hydroxyl groups is 1. The number of carbonyl (C=O) groups excluding carboxylic acids is 1. The van der Waals surface area contributed by atoms with E-state index in [1.54, 1.807) is 4.90 Å². The Hall–Kier alpha value is -1.35. The number of nitrogens with zero attached hydrogens (tertiary/aromatic N) is 1. The lowest BCUT2D eigenvalue weighted by Crippen LogP contribution is -2.63. The molecular formula is C14H19NO2. The third-order valence-electron chi connectivity index (χ3n) is 3.75. The highest BCUT2D eigenvalue weighted by molar-refractivity contribution is 5.96. The summed E-state index contributed by atoms with van der Waals surface area (Å²) in [7, 11) is 0. The van der Waals surface area contributed by atoms with Crippen LogP contribution in [0, 0.1) is 13.8 Å². The van der Waals surface area contributed by atoms with Crippen molar-refractivity contribution in [2.75, 3.05) is 13.1 Å². The minimum Gasteiger partial charge on any atom is -0.386 e. The Morgan fingerprint density at radius 3 is 2.65 bits per heavy atom. The van der Waals surface area contributed by atoms with Gasteiger partial charge in [-0.25, -0.2) is 0 Å². The fraction of sp³-hybridized carbons (Fsp3) is 0.500. The van der Waals surface area contributed by atoms with E-state index in [4.69, 9.17) is 0 Å². The lowest BCUT2D eigenvalue weighted by Gasteiger charge is -2.46. The van der Waals surface area contributed by atoms with Gasteiger partial charge in [0.2, 0.25) is 0 Å². The van der Waals surface area contributed by atoms with E-state index in [0.717, 1.165) is 16.7 Å². The highest BCUT2D eigenvalue weighted by atomic mass is 16.3. The number of rotatable bonds is 2. The second kappa shape index (κ2) is 4.15. The third kappa shape index (κ3) is 2.07. The molecule has 3 heteroatoms. The Morgan fingerprint density at radius 2 is 2.06 bits per heavy atom. The van der Waals surface area contributed by atoms with E-state index in [-0.39, 0.29) is 5.91 Å². The first-order valence-corrected chi connectivity index (χ1v) is 6.05. The largest absolute Gasteiger partial charge is 0.386 e. The highest BCUT2D eigenvalue weighted by Gasteiger charge is 2.42. The molecule has 0 aliphatic carbocycles. The van der Waals surface area contributed by atoms with Crippen molar-refractivity contribution in [1.29, 1.82) is 0 Å². The van der Waals surface area contributed by atoms with Crippen LogP contribution in [0.15, 0.2) is 18.2 Å². The van der Waals surface area contributed by atoms with Crippen molar-refractivity contribution in [1.82, 2.24) is 4.90 Å². The molecule has 0 radical (unpaired) electrons. The Morgan fingerprint density at radius 1 is 1.41 bits per heavy atom. The number of likely N-dealkylation sites (tertiary alicyclic amines) is 1. The minimum atomic E-state index is -0.659. The molecule has 1 heterocycles. The first-order chi connectivity index (χ1) is 7.97. The van der Waals surface area contributed by atoms with Crippen LogP contribution in [0.5, 0.6) is 0 Å². The normalized spacial score (nSPS) is 17.8. The van der Waals surface area contributed by atoms with Gasteiger partial charge in [-0.15, -0.1) is 0 Å². The lowest BCUT2D eigenvalue weighted by atomic mass is 9.90. The fourth-order valence-electron chi connectivity index (χ4n) is 2.18. The molecule has 1 amide bonds. The average Bonchev–Trinajstić information content (AvgIpc) is 2.28. The summed E-state index contributed by atoms with van der Waals surface area (Å²) in [5, 5.41) is 9.91. The second-order valence-electron chi connectivity index (χ2n) is 4.99. The molecule has 1 fully saturated rings. The Bertz CT molecular complexity index is 448. The maximum Gasteiger partial charge on any atom is 0.254 e. The number of hydrogen-bond acceptors (Lipinski definition) is 2. The summed E-state index contributed by atoms with van der Waals surface area (Å²) in [6, 6.07) is 5.76. The van der Waals surface area contributed by atoms with Gasteiger partial charge < -0.3 is 10.0 Å². The van der Waals surface area contributed by atoms with Gasteiger partial charge in [-0.2, -0.15) is 0 Å². The number of aryl methyl sites for hydroxylation is 1. The van der Waals surface area contributed by atoms with Crippen LogP contribution in [0.1, 0.15) is 34.8 Å². The van der Waals surface area contributed by atoms with E-state index in [1.165, 1.54) is 0 Å². The van der Waals surface area contributed by atoms with Crippen LogP contribution in [0.25, 0.3) is 0 Å². The molecule has 0 unspecified atom stereocenters. The molecule has 1 aliphatic heterocycles. The molecule has 1 saturated heterocycles. The van der Waals surface area contributed by atoms with Crippen molar-refractivity contribution >= 4 is 5.91 Å². The zero-order valence-electron chi connectivity index (χ0n) is 10.7. The summed E-state index contributed by atoms with van der Waals surface area (Å²) in [6.45, 7) is 6.82. The van der Waals surface area contributed by atoms with Gasteiger partial charge in [0.15, 0.2) is 0 Å². The van der Waals surface area contributed by atoms with Gasteiger partial charge in [-0.05, 0) is 37.5 Å². The van der Waals surface area contributed by atoms with Crippen molar-refractivity contribution in [3.8, 4) is 0 Å². The van der Waals surface area contributed by atoms with Crippen LogP contribution >= 0.6 is 0 Å². The van der Waals surface area contributed by atoms with Crippen molar-refractivity contribution in [3.63, 3.8) is 0 Å². The summed E-state index contributed by atoms with van der Waals surface area (Å²) in [5.74, 6) is 0.0318. The molecule has 0 atom stereocenters. The van der Waals surface area contributed by atoms with Gasteiger partial charge in [0.25, 0.3) is 5.91 Å². The molecule has 0 aromatic heterocycles. The molecule has 2 rings (SSSR count). The molecule has 1 aromatic carbocycles. The van der Waals surface area contributed by atoms with Crippen LogP contribution in [0.2, 0.25) is 0 Å². The number of benzene rings is 1. The van der Waals surface area contributed by atoms with Crippen molar-refractivity contribution in [3.05, 3.63) is 34.9 Å². The van der Waals surface area contributed by atoms with Crippen molar-refractivity contribution < 1.29 is 9.90 Å². The summed E-state index contributed by atoms with van der Waals surface area (Å²) in [6.07, 6.45) is 0.698. The Kier molecular flexibility index (Phi) is 2.96. The van der Waals surface area contributed by atoms with Crippen molar-refractivity contribution in [2.24, 2.45) is 0 Å². The summed E-state index contributed by atoms with van der Waals surface area (Å²) in [5.41, 5.74) is 2.25. The lowest BCUT2D eigenvalue weighted by molar-refractivity contribution is -0.0826. The van der Waals surface area contributed by atoms with Gasteiger partial charge in [0, 0.05) is 5.56 Å². The van der Waals surface area contributed by atoms with Crippen molar-refractivity contribution in [2.45, 2.75) is 32.8 Å². The topological polar surface area (TPSA) is 40.5 Å². The molecular weight excluding hydrogens is 214 g/mol. The van der Waals surface area contributed by atoms with Gasteiger partial charge in [-0.1, -0.05) is 19.1 Å². The SMILES string of the molecule is CCC1(O)CN(C(=O)c2cccc(C)c2C)C1. The second-order valence-corrected chi connectivity index (χ2v) is 4.99. The van der Waals surface area contributed by atoms with E-state index in [1.807, 2.05) is 39.0 Å². The molecule has 1 N–H and O–H groups in total. The highest BCUT2D eigenvalue weighted by Crippen LogP contribution is 2.26. The predicted molar refractivity (Wildman–Crippen MR) is 67.1 cm³/mol. The molecule has 92 valence electrons. The van der Waals surface area contributed by atoms with Gasteiger partial charge in [-0.3, -0.25) is 4.79 Å². The predicted octanol–water partition coefficient (Wildman–Crippen LogP) is 1.90. The van der Waals surface area contributed by atoms with Gasteiger partial charge in [0.05, 0.1) is 18.7 Å². The smallest absolute Gasteiger partial charge is 0.254 e. The van der Waals surface area contributed by atoms with Gasteiger partial charge >= 0.3 is 0 Å². The first kappa shape index (κ1) is 12.1. The van der Waals surface area contributed by atoms with E-state index in [2.05, 4.69) is 0 Å². The average molecular weight is 233 g/mol. The van der Waals surface area contributed by atoms with E-state index in [9.17, 15) is 9.90 Å². The summed E-state index contributed by atoms with van der Waals surface area (Å²) < 4.78 is 0. The maximum atomic E-state index is 12.2. The summed E-state index contributed by atoms with van der Waals surface area (Å²) in [4.78, 5) is 13.9. The Balaban J connectivity index is 2.15. The number of β-amino-alcohol motifs (C(OH)–C–C–N with tert-alkyl or cyclic N) is 1. The maximum absolute atomic E-state index is 12.2. The summed E-state index contributed by atoms with van der Waals surface area (Å²) >= 11 is 0. The first-order valence-electron chi connectivity index (χ1n) is 6.05. The molecule has 0 bridgehead atoms. The molecule has 1 aromatic rings. The molecule has 3 nitrogen and oxygen atoms in total. The van der Waals surface area contributed by atoms with Crippen LogP contribution in [0.3, 0.4) is 0 Å². The number of amides is 1. The standard InChI is InChI=1S/C14H19NO2/c1-4-14(17)8-15(9-14)13(16)12-7-5-6-10(2)11(12)3/h5-7,17H,4,8-9H2,1-3H3. The monoisotopic (exact) mass is 233 g/mol. The van der Waals surface area contributed by atoms with E-state index < -0.39 is 5.60 Å².